The lowest BCUT2D eigenvalue weighted by atomic mass is 10.3. The first-order valence-corrected chi connectivity index (χ1v) is 7.53. The molecule has 0 radical (unpaired) electrons. The Morgan fingerprint density at radius 3 is 3.17 bits per heavy atom. The minimum atomic E-state index is 0.0683. The molecule has 3 rings (SSSR count). The van der Waals surface area contributed by atoms with Crippen LogP contribution in [0.2, 0.25) is 0 Å². The van der Waals surface area contributed by atoms with Gasteiger partial charge in [-0.3, -0.25) is 4.79 Å². The summed E-state index contributed by atoms with van der Waals surface area (Å²) in [6.45, 7) is 1.40. The Hall–Kier alpha value is -1.40. The SMILES string of the molecule is O=C(c1ccsc1)N1CCC(Oc2nccs2)C1. The van der Waals surface area contributed by atoms with Crippen LogP contribution in [0, 0.1) is 0 Å². The lowest BCUT2D eigenvalue weighted by molar-refractivity contribution is 0.0773. The predicted octanol–water partition coefficient (Wildman–Crippen LogP) is 2.50. The molecule has 2 aromatic heterocycles. The highest BCUT2D eigenvalue weighted by Crippen LogP contribution is 2.21. The number of aromatic nitrogens is 1. The first-order chi connectivity index (χ1) is 8.83. The number of hydrogen-bond acceptors (Lipinski definition) is 5. The summed E-state index contributed by atoms with van der Waals surface area (Å²) in [6, 6.07) is 1.86. The van der Waals surface area contributed by atoms with Crippen molar-refractivity contribution in [3.8, 4) is 5.19 Å². The van der Waals surface area contributed by atoms with Gasteiger partial charge < -0.3 is 9.64 Å². The molecule has 6 heteroatoms. The van der Waals surface area contributed by atoms with Crippen LogP contribution in [0.4, 0.5) is 0 Å². The summed E-state index contributed by atoms with van der Waals surface area (Å²) in [5.41, 5.74) is 0.773. The van der Waals surface area contributed by atoms with E-state index in [4.69, 9.17) is 4.74 Å². The van der Waals surface area contributed by atoms with Gasteiger partial charge in [-0.2, -0.15) is 11.3 Å². The Morgan fingerprint density at radius 2 is 2.44 bits per heavy atom. The first-order valence-electron chi connectivity index (χ1n) is 5.70. The van der Waals surface area contributed by atoms with Crippen LogP contribution < -0.4 is 4.74 Å². The van der Waals surface area contributed by atoms with Crippen LogP contribution in [-0.2, 0) is 0 Å². The molecule has 0 bridgehead atoms. The maximum atomic E-state index is 12.1. The minimum absolute atomic E-state index is 0.0683. The maximum Gasteiger partial charge on any atom is 0.273 e. The summed E-state index contributed by atoms with van der Waals surface area (Å²) < 4.78 is 5.73. The van der Waals surface area contributed by atoms with Crippen LogP contribution >= 0.6 is 22.7 Å². The highest BCUT2D eigenvalue weighted by Gasteiger charge is 2.28. The van der Waals surface area contributed by atoms with Gasteiger partial charge in [0.15, 0.2) is 0 Å². The predicted molar refractivity (Wildman–Crippen MR) is 71.4 cm³/mol. The summed E-state index contributed by atoms with van der Waals surface area (Å²) in [5, 5.41) is 6.38. The van der Waals surface area contributed by atoms with Gasteiger partial charge in [-0.1, -0.05) is 11.3 Å². The number of hydrogen-bond donors (Lipinski definition) is 0. The number of rotatable bonds is 3. The van der Waals surface area contributed by atoms with Crippen molar-refractivity contribution in [2.45, 2.75) is 12.5 Å². The standard InChI is InChI=1S/C12H12N2O2S2/c15-11(9-2-5-17-8-9)14-4-1-10(7-14)16-12-13-3-6-18-12/h2-3,5-6,8,10H,1,4,7H2. The molecule has 1 saturated heterocycles. The zero-order valence-electron chi connectivity index (χ0n) is 9.61. The Bertz CT molecular complexity index is 510. The summed E-state index contributed by atoms with van der Waals surface area (Å²) in [4.78, 5) is 18.1. The van der Waals surface area contributed by atoms with Gasteiger partial charge in [-0.05, 0) is 11.4 Å². The second kappa shape index (κ2) is 5.07. The van der Waals surface area contributed by atoms with E-state index in [1.54, 1.807) is 17.5 Å². The summed E-state index contributed by atoms with van der Waals surface area (Å²) >= 11 is 3.03. The molecule has 2 aromatic rings. The van der Waals surface area contributed by atoms with E-state index < -0.39 is 0 Å². The van der Waals surface area contributed by atoms with E-state index in [-0.39, 0.29) is 12.0 Å². The van der Waals surface area contributed by atoms with Gasteiger partial charge in [-0.15, -0.1) is 0 Å². The quantitative estimate of drug-likeness (QED) is 0.867. The fourth-order valence-corrected chi connectivity index (χ4v) is 3.17. The van der Waals surface area contributed by atoms with Crippen molar-refractivity contribution >= 4 is 28.6 Å². The molecular formula is C12H12N2O2S2. The summed E-state index contributed by atoms with van der Waals surface area (Å²) in [6.07, 6.45) is 2.66. The third-order valence-corrected chi connectivity index (χ3v) is 4.22. The average Bonchev–Trinajstić information content (AvgIpc) is 3.11. The molecule has 1 aliphatic heterocycles. The zero-order chi connectivity index (χ0) is 12.4. The molecule has 1 fully saturated rings. The molecule has 94 valence electrons. The number of thiazole rings is 1. The smallest absolute Gasteiger partial charge is 0.273 e. The maximum absolute atomic E-state index is 12.1. The highest BCUT2D eigenvalue weighted by molar-refractivity contribution is 7.11. The van der Waals surface area contributed by atoms with Crippen LogP contribution in [0.25, 0.3) is 0 Å². The van der Waals surface area contributed by atoms with Gasteiger partial charge in [0.05, 0.1) is 12.1 Å². The van der Waals surface area contributed by atoms with Gasteiger partial charge in [0.1, 0.15) is 6.10 Å². The lowest BCUT2D eigenvalue weighted by Crippen LogP contribution is -2.30. The van der Waals surface area contributed by atoms with Crippen LogP contribution in [0.1, 0.15) is 16.8 Å². The molecular weight excluding hydrogens is 268 g/mol. The molecule has 0 N–H and O–H groups in total. The molecule has 3 heterocycles. The topological polar surface area (TPSA) is 42.4 Å². The Morgan fingerprint density at radius 1 is 1.50 bits per heavy atom. The largest absolute Gasteiger partial charge is 0.465 e. The van der Waals surface area contributed by atoms with Gasteiger partial charge >= 0.3 is 0 Å². The van der Waals surface area contributed by atoms with Crippen LogP contribution in [-0.4, -0.2) is 35.0 Å². The Labute approximate surface area is 113 Å². The van der Waals surface area contributed by atoms with Crippen molar-refractivity contribution in [2.24, 2.45) is 0 Å². The van der Waals surface area contributed by atoms with Gasteiger partial charge in [-0.25, -0.2) is 4.98 Å². The third kappa shape index (κ3) is 2.39. The number of ether oxygens (including phenoxy) is 1. The van der Waals surface area contributed by atoms with Crippen molar-refractivity contribution in [3.63, 3.8) is 0 Å². The summed E-state index contributed by atoms with van der Waals surface area (Å²) in [5.74, 6) is 0.0986. The van der Waals surface area contributed by atoms with E-state index in [9.17, 15) is 4.79 Å². The van der Waals surface area contributed by atoms with Gasteiger partial charge in [0, 0.05) is 29.9 Å². The number of thiophene rings is 1. The minimum Gasteiger partial charge on any atom is -0.465 e. The molecule has 1 atom stereocenters. The van der Waals surface area contributed by atoms with Gasteiger partial charge in [0.25, 0.3) is 11.1 Å². The van der Waals surface area contributed by atoms with Gasteiger partial charge in [0.2, 0.25) is 0 Å². The number of carbonyl (C=O) groups is 1. The molecule has 0 saturated carbocycles. The fourth-order valence-electron chi connectivity index (χ4n) is 1.99. The van der Waals surface area contributed by atoms with E-state index in [2.05, 4.69) is 4.98 Å². The van der Waals surface area contributed by atoms with E-state index in [1.165, 1.54) is 11.3 Å². The third-order valence-electron chi connectivity index (χ3n) is 2.88. The fraction of sp³-hybridized carbons (Fsp3) is 0.333. The normalized spacial score (nSPS) is 19.1. The van der Waals surface area contributed by atoms with E-state index >= 15 is 0 Å². The average molecular weight is 280 g/mol. The first kappa shape index (κ1) is 11.7. The molecule has 1 aliphatic rings. The monoisotopic (exact) mass is 280 g/mol. The van der Waals surface area contributed by atoms with E-state index in [0.717, 1.165) is 18.5 Å². The number of likely N-dealkylation sites (tertiary alicyclic amines) is 1. The molecule has 4 nitrogen and oxygen atoms in total. The second-order valence-corrected chi connectivity index (χ2v) is 5.73. The Balaban J connectivity index is 1.60. The van der Waals surface area contributed by atoms with Crippen molar-refractivity contribution in [2.75, 3.05) is 13.1 Å². The number of amides is 1. The van der Waals surface area contributed by atoms with Crippen LogP contribution in [0.5, 0.6) is 5.19 Å². The zero-order valence-corrected chi connectivity index (χ0v) is 11.2. The molecule has 1 unspecified atom stereocenters. The van der Waals surface area contributed by atoms with Crippen LogP contribution in [0.3, 0.4) is 0 Å². The van der Waals surface area contributed by atoms with E-state index in [1.807, 2.05) is 27.1 Å². The van der Waals surface area contributed by atoms with Crippen molar-refractivity contribution < 1.29 is 9.53 Å². The van der Waals surface area contributed by atoms with Crippen molar-refractivity contribution in [1.29, 1.82) is 0 Å². The molecule has 1 amide bonds. The highest BCUT2D eigenvalue weighted by atomic mass is 32.1. The van der Waals surface area contributed by atoms with Crippen molar-refractivity contribution in [1.82, 2.24) is 9.88 Å². The van der Waals surface area contributed by atoms with Crippen LogP contribution in [0.15, 0.2) is 28.4 Å². The summed E-state index contributed by atoms with van der Waals surface area (Å²) in [7, 11) is 0. The number of carbonyl (C=O) groups excluding carboxylic acids is 1. The molecule has 0 aromatic carbocycles. The molecule has 18 heavy (non-hydrogen) atoms. The Kier molecular flexibility index (Phi) is 3.29. The second-order valence-electron chi connectivity index (χ2n) is 4.09. The van der Waals surface area contributed by atoms with E-state index in [0.29, 0.717) is 11.7 Å². The molecule has 0 spiro atoms. The lowest BCUT2D eigenvalue weighted by Gasteiger charge is -2.15. The molecule has 0 aliphatic carbocycles. The number of nitrogens with zero attached hydrogens (tertiary/aromatic N) is 2. The van der Waals surface area contributed by atoms with Crippen molar-refractivity contribution in [3.05, 3.63) is 34.0 Å².